The highest BCUT2D eigenvalue weighted by Crippen LogP contribution is 2.56. The second-order valence-corrected chi connectivity index (χ2v) is 10.7. The highest BCUT2D eigenvalue weighted by molar-refractivity contribution is 6.34. The first-order valence-corrected chi connectivity index (χ1v) is 12.5. The number of hydrogen-bond acceptors (Lipinski definition) is 3. The highest BCUT2D eigenvalue weighted by atomic mass is 35.5. The number of aliphatic imine (C=N–C) groups is 1. The molecule has 4 atom stereocenters. The third-order valence-electron chi connectivity index (χ3n) is 7.34. The summed E-state index contributed by atoms with van der Waals surface area (Å²) in [7, 11) is 0. The molecule has 6 nitrogen and oxygen atoms in total. The maximum absolute atomic E-state index is 14.1. The number of rotatable bonds is 2. The third kappa shape index (κ3) is 3.20. The summed E-state index contributed by atoms with van der Waals surface area (Å²) in [4.78, 5) is 35.1. The highest BCUT2D eigenvalue weighted by Gasteiger charge is 2.61. The van der Waals surface area contributed by atoms with Gasteiger partial charge in [0.1, 0.15) is 12.4 Å². The van der Waals surface area contributed by atoms with E-state index in [1.54, 1.807) is 15.9 Å². The van der Waals surface area contributed by atoms with Crippen LogP contribution in [0.1, 0.15) is 31.0 Å². The summed E-state index contributed by atoms with van der Waals surface area (Å²) in [6, 6.07) is 13.7. The van der Waals surface area contributed by atoms with Crippen molar-refractivity contribution in [1.82, 2.24) is 15.1 Å². The van der Waals surface area contributed by atoms with E-state index in [0.717, 1.165) is 11.3 Å². The number of nitrogens with zero attached hydrogens (tertiary/aromatic N) is 3. The Morgan fingerprint density at radius 3 is 2.49 bits per heavy atom. The molecular formula is C26H21Cl3N4O2. The van der Waals surface area contributed by atoms with Crippen molar-refractivity contribution in [3.63, 3.8) is 0 Å². The van der Waals surface area contributed by atoms with Crippen molar-refractivity contribution < 1.29 is 9.59 Å². The molecule has 6 rings (SSSR count). The Labute approximate surface area is 217 Å². The quantitative estimate of drug-likeness (QED) is 0.543. The summed E-state index contributed by atoms with van der Waals surface area (Å²) in [5.41, 5.74) is 2.29. The summed E-state index contributed by atoms with van der Waals surface area (Å²) in [5, 5.41) is 4.71. The van der Waals surface area contributed by atoms with Crippen LogP contribution in [0, 0.1) is 11.3 Å². The van der Waals surface area contributed by atoms with Gasteiger partial charge in [0, 0.05) is 27.2 Å². The van der Waals surface area contributed by atoms with Crippen molar-refractivity contribution in [3.05, 3.63) is 92.2 Å². The first kappa shape index (κ1) is 22.7. The van der Waals surface area contributed by atoms with Crippen LogP contribution in [0.5, 0.6) is 0 Å². The number of nitrogens with one attached hydrogen (secondary N) is 1. The zero-order valence-corrected chi connectivity index (χ0v) is 21.2. The molecule has 2 aromatic carbocycles. The first-order chi connectivity index (χ1) is 16.7. The minimum atomic E-state index is -0.725. The van der Waals surface area contributed by atoms with Gasteiger partial charge in [0.25, 0.3) is 0 Å². The molecule has 1 N–H and O–H groups in total. The number of urea groups is 1. The number of amides is 3. The van der Waals surface area contributed by atoms with E-state index in [0.29, 0.717) is 32.2 Å². The van der Waals surface area contributed by atoms with Gasteiger partial charge >= 0.3 is 6.03 Å². The molecular weight excluding hydrogens is 507 g/mol. The molecule has 1 fully saturated rings. The van der Waals surface area contributed by atoms with Crippen LogP contribution in [-0.4, -0.2) is 40.2 Å². The Morgan fingerprint density at radius 1 is 1.06 bits per heavy atom. The van der Waals surface area contributed by atoms with Crippen LogP contribution >= 0.6 is 34.8 Å². The predicted octanol–water partition coefficient (Wildman–Crippen LogP) is 5.72. The number of allylic oxidation sites excluding steroid dienone is 1. The lowest BCUT2D eigenvalue weighted by atomic mass is 9.67. The molecule has 3 heterocycles. The van der Waals surface area contributed by atoms with Gasteiger partial charge in [-0.05, 0) is 36.8 Å². The molecule has 0 aromatic heterocycles. The molecule has 4 aliphatic rings. The van der Waals surface area contributed by atoms with E-state index < -0.39 is 17.5 Å². The van der Waals surface area contributed by atoms with Gasteiger partial charge in [-0.15, -0.1) is 0 Å². The van der Waals surface area contributed by atoms with Crippen molar-refractivity contribution in [2.45, 2.75) is 25.9 Å². The molecule has 1 aliphatic carbocycles. The molecule has 0 bridgehead atoms. The Kier molecular flexibility index (Phi) is 5.08. The van der Waals surface area contributed by atoms with Gasteiger partial charge in [0.2, 0.25) is 5.91 Å². The van der Waals surface area contributed by atoms with Crippen LogP contribution in [0.4, 0.5) is 4.79 Å². The van der Waals surface area contributed by atoms with Gasteiger partial charge < -0.3 is 5.32 Å². The van der Waals surface area contributed by atoms with E-state index in [-0.39, 0.29) is 24.4 Å². The molecule has 9 heteroatoms. The standard InChI is InChI=1S/C26H21Cl3N4O2/c1-13-18(29)11-26(2)22-20(13)30-19(34)12-32(22)25(35)33-23(26)21(14-7-9-15(27)10-8-14)31-24(33)16-5-3-4-6-17(16)28/h3-11,13,21,23H,12H2,1-2H3,(H,30,34). The van der Waals surface area contributed by atoms with Crippen molar-refractivity contribution in [2.75, 3.05) is 6.54 Å². The van der Waals surface area contributed by atoms with E-state index in [4.69, 9.17) is 39.8 Å². The largest absolute Gasteiger partial charge is 0.330 e. The fourth-order valence-corrected chi connectivity index (χ4v) is 6.43. The fraction of sp³-hybridized carbons (Fsp3) is 0.269. The summed E-state index contributed by atoms with van der Waals surface area (Å²) in [5.74, 6) is -0.00696. The van der Waals surface area contributed by atoms with E-state index in [9.17, 15) is 9.59 Å². The summed E-state index contributed by atoms with van der Waals surface area (Å²) in [6.07, 6.45) is 2.01. The van der Waals surface area contributed by atoms with Gasteiger partial charge in [0.15, 0.2) is 0 Å². The molecule has 0 spiro atoms. The SMILES string of the molecule is CC1C(Cl)=CC2(C)C3=C1NC(=O)CN3C(=O)N1C(c3ccccc3Cl)=NC(c3ccc(Cl)cc3)C12. The summed E-state index contributed by atoms with van der Waals surface area (Å²) in [6.45, 7) is 3.91. The Hall–Kier alpha value is -2.80. The number of carbonyl (C=O) groups is 2. The molecule has 4 unspecified atom stereocenters. The van der Waals surface area contributed by atoms with E-state index in [1.165, 1.54) is 0 Å². The maximum atomic E-state index is 14.1. The molecule has 1 saturated heterocycles. The topological polar surface area (TPSA) is 65.0 Å². The Balaban J connectivity index is 1.62. The average molecular weight is 528 g/mol. The number of amidine groups is 1. The van der Waals surface area contributed by atoms with Crippen molar-refractivity contribution in [1.29, 1.82) is 0 Å². The van der Waals surface area contributed by atoms with Crippen LogP contribution in [0.2, 0.25) is 10.0 Å². The van der Waals surface area contributed by atoms with Crippen molar-refractivity contribution in [2.24, 2.45) is 16.3 Å². The first-order valence-electron chi connectivity index (χ1n) is 11.3. The number of halogens is 3. The van der Waals surface area contributed by atoms with Crippen LogP contribution in [0.15, 0.2) is 76.0 Å². The molecule has 0 radical (unpaired) electrons. The molecule has 35 heavy (non-hydrogen) atoms. The number of carbonyl (C=O) groups excluding carboxylic acids is 2. The van der Waals surface area contributed by atoms with Crippen molar-refractivity contribution >= 4 is 52.6 Å². The van der Waals surface area contributed by atoms with Crippen molar-refractivity contribution in [3.8, 4) is 0 Å². The monoisotopic (exact) mass is 526 g/mol. The second-order valence-electron chi connectivity index (χ2n) is 9.46. The third-order valence-corrected chi connectivity index (χ3v) is 8.36. The van der Waals surface area contributed by atoms with Crippen LogP contribution in [0.25, 0.3) is 0 Å². The van der Waals surface area contributed by atoms with E-state index >= 15 is 0 Å². The van der Waals surface area contributed by atoms with Crippen LogP contribution < -0.4 is 5.32 Å². The number of fused-ring (bicyclic) bond motifs is 2. The smallest absolute Gasteiger partial charge is 0.326 e. The minimum absolute atomic E-state index is 0.0733. The molecule has 3 aliphatic heterocycles. The maximum Gasteiger partial charge on any atom is 0.330 e. The summed E-state index contributed by atoms with van der Waals surface area (Å²) >= 11 is 19.5. The normalized spacial score (nSPS) is 29.5. The molecule has 0 saturated carbocycles. The van der Waals surface area contributed by atoms with Gasteiger partial charge in [-0.2, -0.15) is 0 Å². The minimum Gasteiger partial charge on any atom is -0.326 e. The van der Waals surface area contributed by atoms with Gasteiger partial charge in [-0.1, -0.05) is 72.1 Å². The zero-order valence-electron chi connectivity index (χ0n) is 18.9. The lowest BCUT2D eigenvalue weighted by molar-refractivity contribution is -0.122. The van der Waals surface area contributed by atoms with Gasteiger partial charge in [-0.3, -0.25) is 19.6 Å². The lowest BCUT2D eigenvalue weighted by Crippen LogP contribution is -2.66. The van der Waals surface area contributed by atoms with E-state index in [1.807, 2.05) is 55.5 Å². The molecule has 178 valence electrons. The van der Waals surface area contributed by atoms with Gasteiger partial charge in [0.05, 0.1) is 28.2 Å². The Morgan fingerprint density at radius 2 is 1.77 bits per heavy atom. The number of hydrogen-bond donors (Lipinski definition) is 1. The summed E-state index contributed by atoms with van der Waals surface area (Å²) < 4.78 is 0. The number of benzene rings is 2. The van der Waals surface area contributed by atoms with Crippen LogP contribution in [-0.2, 0) is 4.79 Å². The second kappa shape index (κ2) is 7.85. The fourth-order valence-electron chi connectivity index (χ4n) is 5.75. The van der Waals surface area contributed by atoms with Gasteiger partial charge in [-0.25, -0.2) is 4.79 Å². The van der Waals surface area contributed by atoms with E-state index in [2.05, 4.69) is 12.2 Å². The molecule has 2 aromatic rings. The van der Waals surface area contributed by atoms with Crippen LogP contribution in [0.3, 0.4) is 0 Å². The lowest BCUT2D eigenvalue weighted by Gasteiger charge is -2.55. The zero-order chi connectivity index (χ0) is 24.6. The Bertz CT molecular complexity index is 1380. The predicted molar refractivity (Wildman–Crippen MR) is 136 cm³/mol. The molecule has 3 amide bonds. The average Bonchev–Trinajstić information content (AvgIpc) is 3.23.